The summed E-state index contributed by atoms with van der Waals surface area (Å²) in [5.74, 6) is -0.173. The van der Waals surface area contributed by atoms with Crippen molar-refractivity contribution >= 4 is 39.5 Å². The van der Waals surface area contributed by atoms with Crippen molar-refractivity contribution in [2.45, 2.75) is 0 Å². The van der Waals surface area contributed by atoms with Gasteiger partial charge in [0, 0.05) is 0 Å². The Labute approximate surface area is 133 Å². The summed E-state index contributed by atoms with van der Waals surface area (Å²) in [7, 11) is 1.27. The minimum absolute atomic E-state index is 0.114. The highest BCUT2D eigenvalue weighted by molar-refractivity contribution is 9.10. The zero-order valence-corrected chi connectivity index (χ0v) is 13.4. The number of hydrogen-bond donors (Lipinski definition) is 1. The number of ether oxygens (including phenoxy) is 2. The van der Waals surface area contributed by atoms with E-state index in [0.717, 1.165) is 16.9 Å². The molecule has 0 saturated carbocycles. The Kier molecular flexibility index (Phi) is 4.98. The standard InChI is InChI=1S/C14H11BrO5S/c1-19-14(18)13-11(20-6-5-16)10(15)12(21-13)8-3-2-4-9(17)7-8/h2-5,7,17H,6H2,1H3. The number of rotatable bonds is 5. The monoisotopic (exact) mass is 370 g/mol. The highest BCUT2D eigenvalue weighted by Gasteiger charge is 2.24. The van der Waals surface area contributed by atoms with Gasteiger partial charge in [-0.2, -0.15) is 0 Å². The molecule has 1 aromatic heterocycles. The second-order valence-corrected chi connectivity index (χ2v) is 5.74. The Morgan fingerprint density at radius 3 is 2.86 bits per heavy atom. The molecule has 1 N–H and O–H groups in total. The predicted octanol–water partition coefficient (Wildman–Crippen LogP) is 3.25. The maximum absolute atomic E-state index is 11.8. The summed E-state index contributed by atoms with van der Waals surface area (Å²) < 4.78 is 10.6. The molecule has 0 unspecified atom stereocenters. The van der Waals surface area contributed by atoms with Crippen LogP contribution >= 0.6 is 27.3 Å². The third-order valence-electron chi connectivity index (χ3n) is 2.58. The first-order valence-electron chi connectivity index (χ1n) is 5.85. The molecule has 1 heterocycles. The van der Waals surface area contributed by atoms with Crippen LogP contribution in [0.3, 0.4) is 0 Å². The van der Waals surface area contributed by atoms with Crippen LogP contribution in [-0.4, -0.2) is 31.1 Å². The quantitative estimate of drug-likeness (QED) is 0.645. The van der Waals surface area contributed by atoms with Gasteiger partial charge in [0.05, 0.1) is 16.5 Å². The molecule has 0 saturated heterocycles. The number of aromatic hydroxyl groups is 1. The summed E-state index contributed by atoms with van der Waals surface area (Å²) >= 11 is 4.53. The minimum Gasteiger partial charge on any atom is -0.508 e. The minimum atomic E-state index is -0.548. The summed E-state index contributed by atoms with van der Waals surface area (Å²) in [6.45, 7) is -0.168. The number of phenols is 1. The number of halogens is 1. The lowest BCUT2D eigenvalue weighted by Gasteiger charge is -2.03. The maximum Gasteiger partial charge on any atom is 0.351 e. The molecule has 7 heteroatoms. The van der Waals surface area contributed by atoms with Gasteiger partial charge >= 0.3 is 5.97 Å². The number of carbonyl (C=O) groups excluding carboxylic acids is 2. The first-order chi connectivity index (χ1) is 10.1. The number of phenolic OH excluding ortho intramolecular Hbond substituents is 1. The van der Waals surface area contributed by atoms with E-state index in [0.29, 0.717) is 15.6 Å². The summed E-state index contributed by atoms with van der Waals surface area (Å²) in [4.78, 5) is 23.2. The molecule has 5 nitrogen and oxygen atoms in total. The molecular formula is C14H11BrO5S. The van der Waals surface area contributed by atoms with Crippen LogP contribution in [0.15, 0.2) is 28.7 Å². The zero-order chi connectivity index (χ0) is 15.4. The van der Waals surface area contributed by atoms with Gasteiger partial charge in [-0.25, -0.2) is 4.79 Å². The number of thiophene rings is 1. The lowest BCUT2D eigenvalue weighted by Crippen LogP contribution is -2.04. The van der Waals surface area contributed by atoms with E-state index in [1.165, 1.54) is 7.11 Å². The Balaban J connectivity index is 2.54. The van der Waals surface area contributed by atoms with Crippen molar-refractivity contribution in [3.8, 4) is 21.9 Å². The van der Waals surface area contributed by atoms with E-state index >= 15 is 0 Å². The van der Waals surface area contributed by atoms with Gasteiger partial charge in [-0.3, -0.25) is 4.79 Å². The van der Waals surface area contributed by atoms with Crippen molar-refractivity contribution < 1.29 is 24.2 Å². The molecule has 0 atom stereocenters. The van der Waals surface area contributed by atoms with E-state index < -0.39 is 5.97 Å². The van der Waals surface area contributed by atoms with Gasteiger partial charge in [-0.1, -0.05) is 12.1 Å². The SMILES string of the molecule is COC(=O)c1sc(-c2cccc(O)c2)c(Br)c1OCC=O. The van der Waals surface area contributed by atoms with Crippen LogP contribution < -0.4 is 4.74 Å². The average molecular weight is 371 g/mol. The summed E-state index contributed by atoms with van der Waals surface area (Å²) in [5.41, 5.74) is 0.720. The number of methoxy groups -OCH3 is 1. The third-order valence-corrected chi connectivity index (χ3v) is 4.80. The number of hydrogen-bond acceptors (Lipinski definition) is 6. The fourth-order valence-corrected chi connectivity index (χ4v) is 3.67. The average Bonchev–Trinajstić information content (AvgIpc) is 2.81. The first-order valence-corrected chi connectivity index (χ1v) is 7.45. The van der Waals surface area contributed by atoms with Crippen LogP contribution in [0, 0.1) is 0 Å². The van der Waals surface area contributed by atoms with Gasteiger partial charge in [-0.15, -0.1) is 11.3 Å². The smallest absolute Gasteiger partial charge is 0.351 e. The number of benzene rings is 1. The second-order valence-electron chi connectivity index (χ2n) is 3.92. The molecule has 0 fully saturated rings. The van der Waals surface area contributed by atoms with Gasteiger partial charge in [0.1, 0.15) is 12.4 Å². The van der Waals surface area contributed by atoms with Crippen molar-refractivity contribution in [3.05, 3.63) is 33.6 Å². The van der Waals surface area contributed by atoms with Crippen LogP contribution in [0.5, 0.6) is 11.5 Å². The molecular weight excluding hydrogens is 360 g/mol. The van der Waals surface area contributed by atoms with E-state index in [1.807, 2.05) is 0 Å². The topological polar surface area (TPSA) is 72.8 Å². The number of aldehydes is 1. The van der Waals surface area contributed by atoms with Crippen LogP contribution in [0.2, 0.25) is 0 Å². The summed E-state index contributed by atoms with van der Waals surface area (Å²) in [5, 5.41) is 9.56. The lowest BCUT2D eigenvalue weighted by molar-refractivity contribution is -0.109. The van der Waals surface area contributed by atoms with Crippen molar-refractivity contribution in [1.29, 1.82) is 0 Å². The van der Waals surface area contributed by atoms with E-state index in [4.69, 9.17) is 9.47 Å². The van der Waals surface area contributed by atoms with Gasteiger partial charge in [0.15, 0.2) is 16.9 Å². The fraction of sp³-hybridized carbons (Fsp3) is 0.143. The highest BCUT2D eigenvalue weighted by Crippen LogP contribution is 2.46. The maximum atomic E-state index is 11.8. The zero-order valence-electron chi connectivity index (χ0n) is 11.0. The largest absolute Gasteiger partial charge is 0.508 e. The fourth-order valence-electron chi connectivity index (χ4n) is 1.70. The van der Waals surface area contributed by atoms with Crippen LogP contribution in [0.1, 0.15) is 9.67 Å². The second kappa shape index (κ2) is 6.73. The molecule has 0 aliphatic carbocycles. The predicted molar refractivity (Wildman–Crippen MR) is 82.0 cm³/mol. The van der Waals surface area contributed by atoms with Crippen LogP contribution in [0.4, 0.5) is 0 Å². The Morgan fingerprint density at radius 1 is 1.48 bits per heavy atom. The molecule has 2 rings (SSSR count). The van der Waals surface area contributed by atoms with Gasteiger partial charge in [0.2, 0.25) is 0 Å². The molecule has 0 radical (unpaired) electrons. The Morgan fingerprint density at radius 2 is 2.24 bits per heavy atom. The van der Waals surface area contributed by atoms with Crippen molar-refractivity contribution in [2.75, 3.05) is 13.7 Å². The molecule has 21 heavy (non-hydrogen) atoms. The van der Waals surface area contributed by atoms with Gasteiger partial charge in [-0.05, 0) is 33.6 Å². The molecule has 1 aromatic carbocycles. The Bertz CT molecular complexity index is 680. The van der Waals surface area contributed by atoms with E-state index in [2.05, 4.69) is 15.9 Å². The van der Waals surface area contributed by atoms with Crippen molar-refractivity contribution in [1.82, 2.24) is 0 Å². The number of esters is 1. The molecule has 0 aliphatic heterocycles. The molecule has 0 aliphatic rings. The lowest BCUT2D eigenvalue weighted by atomic mass is 10.2. The molecule has 0 spiro atoms. The van der Waals surface area contributed by atoms with Gasteiger partial charge in [0.25, 0.3) is 0 Å². The van der Waals surface area contributed by atoms with Crippen molar-refractivity contribution in [3.63, 3.8) is 0 Å². The van der Waals surface area contributed by atoms with E-state index in [9.17, 15) is 14.7 Å². The summed E-state index contributed by atoms with van der Waals surface area (Å²) in [6.07, 6.45) is 0.596. The Hall–Kier alpha value is -1.86. The number of carbonyl (C=O) groups is 2. The molecule has 2 aromatic rings. The highest BCUT2D eigenvalue weighted by atomic mass is 79.9. The van der Waals surface area contributed by atoms with Crippen molar-refractivity contribution in [2.24, 2.45) is 0 Å². The van der Waals surface area contributed by atoms with E-state index in [1.54, 1.807) is 24.3 Å². The van der Waals surface area contributed by atoms with Crippen LogP contribution in [0.25, 0.3) is 10.4 Å². The van der Waals surface area contributed by atoms with E-state index in [-0.39, 0.29) is 23.0 Å². The summed E-state index contributed by atoms with van der Waals surface area (Å²) in [6, 6.07) is 6.61. The molecule has 0 bridgehead atoms. The molecule has 0 amide bonds. The molecule has 110 valence electrons. The normalized spacial score (nSPS) is 10.2. The first kappa shape index (κ1) is 15.5. The third kappa shape index (κ3) is 3.25. The van der Waals surface area contributed by atoms with Gasteiger partial charge < -0.3 is 14.6 Å². The van der Waals surface area contributed by atoms with Crippen LogP contribution in [-0.2, 0) is 9.53 Å².